The number of hydrogen-bond donors (Lipinski definition) is 0. The minimum Gasteiger partial charge on any atom is -0.444 e. The number of alkyl halides is 1. The van der Waals surface area contributed by atoms with E-state index in [4.69, 9.17) is 4.74 Å². The standard InChI is InChI=1S/C18H31FN2O2/c1-16(2,3)23-15(22)21-12-8-17(9-13-21)6-10-20(11-7-17)14-18(19)4-5-18/h4-14H2,1-3H3. The Hall–Kier alpha value is -0.840. The van der Waals surface area contributed by atoms with Crippen LogP contribution < -0.4 is 0 Å². The lowest BCUT2D eigenvalue weighted by Crippen LogP contribution is -2.50. The zero-order valence-electron chi connectivity index (χ0n) is 14.9. The van der Waals surface area contributed by atoms with Gasteiger partial charge in [0.25, 0.3) is 0 Å². The van der Waals surface area contributed by atoms with Crippen molar-refractivity contribution in [3.63, 3.8) is 0 Å². The van der Waals surface area contributed by atoms with Crippen LogP contribution in [0.25, 0.3) is 0 Å². The van der Waals surface area contributed by atoms with E-state index in [0.717, 1.165) is 64.7 Å². The molecular formula is C18H31FN2O2. The molecule has 0 atom stereocenters. The molecule has 0 bridgehead atoms. The number of carbonyl (C=O) groups excluding carboxylic acids is 1. The van der Waals surface area contributed by atoms with Crippen molar-refractivity contribution >= 4 is 6.09 Å². The minimum absolute atomic E-state index is 0.183. The third-order valence-electron chi connectivity index (χ3n) is 5.69. The fraction of sp³-hybridized carbons (Fsp3) is 0.944. The van der Waals surface area contributed by atoms with Gasteiger partial charge in [-0.05, 0) is 77.8 Å². The predicted molar refractivity (Wildman–Crippen MR) is 88.2 cm³/mol. The number of ether oxygens (including phenoxy) is 1. The maximum absolute atomic E-state index is 13.9. The number of hydrogen-bond acceptors (Lipinski definition) is 3. The fourth-order valence-electron chi connectivity index (χ4n) is 3.87. The Labute approximate surface area is 139 Å². The molecule has 2 heterocycles. The first-order valence-corrected chi connectivity index (χ1v) is 9.08. The highest BCUT2D eigenvalue weighted by Gasteiger charge is 2.46. The van der Waals surface area contributed by atoms with Crippen LogP contribution in [0, 0.1) is 5.41 Å². The topological polar surface area (TPSA) is 32.8 Å². The summed E-state index contributed by atoms with van der Waals surface area (Å²) in [4.78, 5) is 16.3. The maximum Gasteiger partial charge on any atom is 0.410 e. The first kappa shape index (κ1) is 17.0. The van der Waals surface area contributed by atoms with Crippen molar-refractivity contribution < 1.29 is 13.9 Å². The summed E-state index contributed by atoms with van der Waals surface area (Å²) in [6, 6.07) is 0. The second kappa shape index (κ2) is 5.91. The smallest absolute Gasteiger partial charge is 0.410 e. The van der Waals surface area contributed by atoms with Crippen molar-refractivity contribution in [1.82, 2.24) is 9.80 Å². The highest BCUT2D eigenvalue weighted by Crippen LogP contribution is 2.44. The van der Waals surface area contributed by atoms with Gasteiger partial charge >= 0.3 is 6.09 Å². The molecule has 0 unspecified atom stereocenters. The number of halogens is 1. The van der Waals surface area contributed by atoms with E-state index >= 15 is 0 Å². The molecule has 23 heavy (non-hydrogen) atoms. The van der Waals surface area contributed by atoms with Crippen molar-refractivity contribution in [3.8, 4) is 0 Å². The summed E-state index contributed by atoms with van der Waals surface area (Å²) >= 11 is 0. The van der Waals surface area contributed by atoms with Gasteiger partial charge in [0, 0.05) is 19.6 Å². The third kappa shape index (κ3) is 4.37. The lowest BCUT2D eigenvalue weighted by molar-refractivity contribution is -0.00500. The van der Waals surface area contributed by atoms with E-state index in [1.54, 1.807) is 0 Å². The van der Waals surface area contributed by atoms with Gasteiger partial charge in [-0.2, -0.15) is 0 Å². The predicted octanol–water partition coefficient (Wildman–Crippen LogP) is 3.60. The number of rotatable bonds is 2. The van der Waals surface area contributed by atoms with Crippen LogP contribution in [0.4, 0.5) is 9.18 Å². The van der Waals surface area contributed by atoms with Crippen LogP contribution in [0.15, 0.2) is 0 Å². The zero-order chi connectivity index (χ0) is 16.7. The number of piperidine rings is 2. The molecule has 0 N–H and O–H groups in total. The molecule has 4 nitrogen and oxygen atoms in total. The molecule has 3 rings (SSSR count). The molecule has 2 saturated heterocycles. The summed E-state index contributed by atoms with van der Waals surface area (Å²) in [5.74, 6) is 0. The van der Waals surface area contributed by atoms with Gasteiger partial charge in [0.2, 0.25) is 0 Å². The monoisotopic (exact) mass is 326 g/mol. The average molecular weight is 326 g/mol. The largest absolute Gasteiger partial charge is 0.444 e. The van der Waals surface area contributed by atoms with Crippen molar-refractivity contribution in [1.29, 1.82) is 0 Å². The molecule has 2 aliphatic heterocycles. The first-order valence-electron chi connectivity index (χ1n) is 9.08. The molecule has 0 radical (unpaired) electrons. The van der Waals surface area contributed by atoms with Gasteiger partial charge in [-0.3, -0.25) is 0 Å². The molecular weight excluding hydrogens is 295 g/mol. The van der Waals surface area contributed by atoms with Gasteiger partial charge in [0.05, 0.1) is 0 Å². The van der Waals surface area contributed by atoms with E-state index in [2.05, 4.69) is 4.90 Å². The summed E-state index contributed by atoms with van der Waals surface area (Å²) in [6.45, 7) is 9.96. The van der Waals surface area contributed by atoms with Crippen LogP contribution in [-0.2, 0) is 4.74 Å². The Kier molecular flexibility index (Phi) is 4.36. The first-order chi connectivity index (χ1) is 10.7. The van der Waals surface area contributed by atoms with Crippen LogP contribution in [0.2, 0.25) is 0 Å². The van der Waals surface area contributed by atoms with Gasteiger partial charge in [-0.15, -0.1) is 0 Å². The number of nitrogens with zero attached hydrogens (tertiary/aromatic N) is 2. The van der Waals surface area contributed by atoms with Crippen LogP contribution >= 0.6 is 0 Å². The molecule has 0 aromatic rings. The molecule has 1 saturated carbocycles. The van der Waals surface area contributed by atoms with Gasteiger partial charge in [-0.25, -0.2) is 9.18 Å². The van der Waals surface area contributed by atoms with E-state index in [-0.39, 0.29) is 6.09 Å². The van der Waals surface area contributed by atoms with E-state index in [9.17, 15) is 9.18 Å². The summed E-state index contributed by atoms with van der Waals surface area (Å²) in [5.41, 5.74) is -0.935. The Balaban J connectivity index is 1.44. The van der Waals surface area contributed by atoms with Crippen molar-refractivity contribution in [2.24, 2.45) is 5.41 Å². The molecule has 3 fully saturated rings. The van der Waals surface area contributed by atoms with Crippen molar-refractivity contribution in [2.45, 2.75) is 70.6 Å². The molecule has 5 heteroatoms. The summed E-state index contributed by atoms with van der Waals surface area (Å²) in [7, 11) is 0. The molecule has 1 aliphatic carbocycles. The Bertz CT molecular complexity index is 438. The van der Waals surface area contributed by atoms with E-state index < -0.39 is 11.3 Å². The zero-order valence-corrected chi connectivity index (χ0v) is 14.9. The SMILES string of the molecule is CC(C)(C)OC(=O)N1CCC2(CCN(CC3(F)CC3)CC2)CC1. The normalized spacial score (nSPS) is 27.0. The molecule has 0 aromatic heterocycles. The van der Waals surface area contributed by atoms with Gasteiger partial charge in [-0.1, -0.05) is 0 Å². The average Bonchev–Trinajstić information content (AvgIpc) is 3.18. The molecule has 132 valence electrons. The minimum atomic E-state index is -0.870. The second-order valence-corrected chi connectivity index (χ2v) is 8.89. The molecule has 1 amide bonds. The quantitative estimate of drug-likeness (QED) is 0.777. The van der Waals surface area contributed by atoms with Gasteiger partial charge < -0.3 is 14.5 Å². The van der Waals surface area contributed by atoms with E-state index in [0.29, 0.717) is 12.0 Å². The van der Waals surface area contributed by atoms with Crippen molar-refractivity contribution in [3.05, 3.63) is 0 Å². The second-order valence-electron chi connectivity index (χ2n) is 8.89. The van der Waals surface area contributed by atoms with Crippen molar-refractivity contribution in [2.75, 3.05) is 32.7 Å². The van der Waals surface area contributed by atoms with Gasteiger partial charge in [0.1, 0.15) is 11.3 Å². The molecule has 0 aromatic carbocycles. The number of carbonyl (C=O) groups is 1. The summed E-state index contributed by atoms with van der Waals surface area (Å²) in [5, 5.41) is 0. The third-order valence-corrected chi connectivity index (χ3v) is 5.69. The summed E-state index contributed by atoms with van der Waals surface area (Å²) in [6.07, 6.45) is 5.72. The molecule has 1 spiro atoms. The van der Waals surface area contributed by atoms with E-state index in [1.165, 1.54) is 0 Å². The molecule has 3 aliphatic rings. The Morgan fingerprint density at radius 2 is 1.52 bits per heavy atom. The lowest BCUT2D eigenvalue weighted by atomic mass is 9.71. The van der Waals surface area contributed by atoms with Crippen LogP contribution in [0.5, 0.6) is 0 Å². The van der Waals surface area contributed by atoms with Crippen LogP contribution in [0.1, 0.15) is 59.3 Å². The highest BCUT2D eigenvalue weighted by molar-refractivity contribution is 5.68. The van der Waals surface area contributed by atoms with E-state index in [1.807, 2.05) is 25.7 Å². The maximum atomic E-state index is 13.9. The Morgan fingerprint density at radius 1 is 1.00 bits per heavy atom. The number of amides is 1. The van der Waals surface area contributed by atoms with Crippen LogP contribution in [0.3, 0.4) is 0 Å². The highest BCUT2D eigenvalue weighted by atomic mass is 19.1. The fourth-order valence-corrected chi connectivity index (χ4v) is 3.87. The van der Waals surface area contributed by atoms with Crippen LogP contribution in [-0.4, -0.2) is 59.9 Å². The number of likely N-dealkylation sites (tertiary alicyclic amines) is 2. The summed E-state index contributed by atoms with van der Waals surface area (Å²) < 4.78 is 19.4. The lowest BCUT2D eigenvalue weighted by Gasteiger charge is -2.47. The Morgan fingerprint density at radius 3 is 2.00 bits per heavy atom. The van der Waals surface area contributed by atoms with Gasteiger partial charge in [0.15, 0.2) is 0 Å².